The molecule has 0 fully saturated rings. The summed E-state index contributed by atoms with van der Waals surface area (Å²) >= 11 is 0. The van der Waals surface area contributed by atoms with E-state index in [1.165, 1.54) is 0 Å². The molecule has 0 radical (unpaired) electrons. The number of aliphatic carboxylic acids is 1. The summed E-state index contributed by atoms with van der Waals surface area (Å²) in [5.74, 6) is -1.49. The van der Waals surface area contributed by atoms with Crippen molar-refractivity contribution < 1.29 is 19.4 Å². The minimum atomic E-state index is -0.918. The van der Waals surface area contributed by atoms with Gasteiger partial charge in [0.05, 0.1) is 18.9 Å². The van der Waals surface area contributed by atoms with Gasteiger partial charge in [-0.05, 0) is 36.6 Å². The van der Waals surface area contributed by atoms with E-state index in [4.69, 9.17) is 4.74 Å². The van der Waals surface area contributed by atoms with E-state index < -0.39 is 11.9 Å². The summed E-state index contributed by atoms with van der Waals surface area (Å²) in [6.45, 7) is 1.88. The zero-order chi connectivity index (χ0) is 18.2. The topological polar surface area (TPSA) is 75.6 Å². The molecule has 0 saturated carbocycles. The number of carbonyl (C=O) groups excluding carboxylic acids is 1. The van der Waals surface area contributed by atoms with E-state index in [9.17, 15) is 14.7 Å². The van der Waals surface area contributed by atoms with Crippen molar-refractivity contribution in [3.05, 3.63) is 65.7 Å². The number of carboxylic acids is 1. The number of hydrogen-bond donors (Lipinski definition) is 2. The lowest BCUT2D eigenvalue weighted by molar-refractivity contribution is -0.141. The Kier molecular flexibility index (Phi) is 6.57. The van der Waals surface area contributed by atoms with Crippen molar-refractivity contribution in [2.45, 2.75) is 19.3 Å². The van der Waals surface area contributed by atoms with Crippen molar-refractivity contribution in [3.8, 4) is 5.75 Å². The maximum absolute atomic E-state index is 12.4. The molecular weight excluding hydrogens is 318 g/mol. The second kappa shape index (κ2) is 8.87. The number of hydrogen-bond acceptors (Lipinski definition) is 3. The average molecular weight is 341 g/mol. The molecule has 2 aromatic rings. The molecule has 0 aliphatic rings. The zero-order valence-corrected chi connectivity index (χ0v) is 14.4. The van der Waals surface area contributed by atoms with Gasteiger partial charge in [-0.25, -0.2) is 0 Å². The Balaban J connectivity index is 1.97. The first-order valence-electron chi connectivity index (χ1n) is 8.19. The van der Waals surface area contributed by atoms with Crippen molar-refractivity contribution >= 4 is 11.9 Å². The third-order valence-electron chi connectivity index (χ3n) is 4.18. The number of amides is 1. The van der Waals surface area contributed by atoms with Crippen LogP contribution in [0.25, 0.3) is 0 Å². The first-order valence-corrected chi connectivity index (χ1v) is 8.19. The summed E-state index contributed by atoms with van der Waals surface area (Å²) < 4.78 is 5.17. The van der Waals surface area contributed by atoms with E-state index in [1.54, 1.807) is 14.0 Å². The number of benzene rings is 2. The lowest BCUT2D eigenvalue weighted by Crippen LogP contribution is -2.36. The number of carboxylic acid groups (broad SMARTS) is 1. The molecule has 0 aromatic heterocycles. The lowest BCUT2D eigenvalue weighted by atomic mass is 9.97. The second-order valence-electron chi connectivity index (χ2n) is 5.97. The highest BCUT2D eigenvalue weighted by Gasteiger charge is 2.21. The molecule has 0 heterocycles. The molecule has 5 heteroatoms. The van der Waals surface area contributed by atoms with Gasteiger partial charge in [-0.1, -0.05) is 42.5 Å². The molecule has 2 aromatic carbocycles. The van der Waals surface area contributed by atoms with E-state index in [0.717, 1.165) is 11.1 Å². The average Bonchev–Trinajstić information content (AvgIpc) is 2.64. The Morgan fingerprint density at radius 3 is 2.48 bits per heavy atom. The zero-order valence-electron chi connectivity index (χ0n) is 14.4. The molecule has 0 saturated heterocycles. The predicted octanol–water partition coefficient (Wildman–Crippen LogP) is 2.86. The van der Waals surface area contributed by atoms with Gasteiger partial charge in [-0.15, -0.1) is 0 Å². The fourth-order valence-corrected chi connectivity index (χ4v) is 2.58. The van der Waals surface area contributed by atoms with E-state index in [-0.39, 0.29) is 18.4 Å². The summed E-state index contributed by atoms with van der Waals surface area (Å²) in [5, 5.41) is 12.2. The summed E-state index contributed by atoms with van der Waals surface area (Å²) in [7, 11) is 1.57. The van der Waals surface area contributed by atoms with Gasteiger partial charge < -0.3 is 15.2 Å². The van der Waals surface area contributed by atoms with Crippen LogP contribution in [-0.2, 0) is 16.0 Å². The van der Waals surface area contributed by atoms with Gasteiger partial charge in [0.25, 0.3) is 0 Å². The molecule has 0 bridgehead atoms. The standard InChI is InChI=1S/C20H23NO4/c1-14(16-9-6-10-18(12-16)25-2)19(22)21-13-17(20(23)24)11-15-7-4-3-5-8-15/h3-10,12,14,17H,11,13H2,1-2H3,(H,21,22)(H,23,24). The molecule has 2 atom stereocenters. The molecule has 1 amide bonds. The molecule has 0 aliphatic heterocycles. The Morgan fingerprint density at radius 1 is 1.12 bits per heavy atom. The third-order valence-corrected chi connectivity index (χ3v) is 4.18. The van der Waals surface area contributed by atoms with Crippen LogP contribution < -0.4 is 10.1 Å². The minimum Gasteiger partial charge on any atom is -0.497 e. The maximum atomic E-state index is 12.4. The van der Waals surface area contributed by atoms with Crippen LogP contribution in [0.3, 0.4) is 0 Å². The van der Waals surface area contributed by atoms with E-state index in [1.807, 2.05) is 54.6 Å². The molecule has 0 spiro atoms. The normalized spacial score (nSPS) is 12.9. The van der Waals surface area contributed by atoms with Gasteiger partial charge in [-0.2, -0.15) is 0 Å². The number of carbonyl (C=O) groups is 2. The SMILES string of the molecule is COc1cccc(C(C)C(=O)NCC(Cc2ccccc2)C(=O)O)c1. The Morgan fingerprint density at radius 2 is 1.84 bits per heavy atom. The quantitative estimate of drug-likeness (QED) is 0.774. The number of nitrogens with one attached hydrogen (secondary N) is 1. The van der Waals surface area contributed by atoms with Crippen molar-refractivity contribution in [1.82, 2.24) is 5.32 Å². The summed E-state index contributed by atoms with van der Waals surface area (Å²) in [4.78, 5) is 23.8. The Labute approximate surface area is 147 Å². The largest absolute Gasteiger partial charge is 0.497 e. The smallest absolute Gasteiger partial charge is 0.308 e. The monoisotopic (exact) mass is 341 g/mol. The first-order chi connectivity index (χ1) is 12.0. The van der Waals surface area contributed by atoms with E-state index in [2.05, 4.69) is 5.32 Å². The van der Waals surface area contributed by atoms with Crippen LogP contribution in [0.4, 0.5) is 0 Å². The van der Waals surface area contributed by atoms with Gasteiger partial charge in [0.1, 0.15) is 5.75 Å². The molecule has 2 rings (SSSR count). The van der Waals surface area contributed by atoms with Crippen LogP contribution in [0.15, 0.2) is 54.6 Å². The molecular formula is C20H23NO4. The maximum Gasteiger partial charge on any atom is 0.308 e. The highest BCUT2D eigenvalue weighted by atomic mass is 16.5. The fraction of sp³-hybridized carbons (Fsp3) is 0.300. The Hall–Kier alpha value is -2.82. The van der Waals surface area contributed by atoms with Crippen molar-refractivity contribution in [2.75, 3.05) is 13.7 Å². The molecule has 0 aliphatic carbocycles. The van der Waals surface area contributed by atoms with Crippen LogP contribution in [0.2, 0.25) is 0 Å². The van der Waals surface area contributed by atoms with Gasteiger partial charge in [0.2, 0.25) is 5.91 Å². The Bertz CT molecular complexity index is 715. The van der Waals surface area contributed by atoms with E-state index in [0.29, 0.717) is 12.2 Å². The lowest BCUT2D eigenvalue weighted by Gasteiger charge is -2.17. The molecule has 2 unspecified atom stereocenters. The molecule has 5 nitrogen and oxygen atoms in total. The van der Waals surface area contributed by atoms with Crippen LogP contribution in [0.1, 0.15) is 24.0 Å². The van der Waals surface area contributed by atoms with Gasteiger partial charge in [0.15, 0.2) is 0 Å². The fourth-order valence-electron chi connectivity index (χ4n) is 2.58. The highest BCUT2D eigenvalue weighted by Crippen LogP contribution is 2.20. The molecule has 2 N–H and O–H groups in total. The minimum absolute atomic E-state index is 0.0946. The summed E-state index contributed by atoms with van der Waals surface area (Å²) in [6.07, 6.45) is 0.379. The second-order valence-corrected chi connectivity index (χ2v) is 5.97. The first kappa shape index (κ1) is 18.5. The number of ether oxygens (including phenoxy) is 1. The summed E-state index contributed by atoms with van der Waals surface area (Å²) in [5.41, 5.74) is 1.76. The van der Waals surface area contributed by atoms with Crippen molar-refractivity contribution in [3.63, 3.8) is 0 Å². The van der Waals surface area contributed by atoms with Gasteiger partial charge >= 0.3 is 5.97 Å². The predicted molar refractivity (Wildman–Crippen MR) is 95.7 cm³/mol. The van der Waals surface area contributed by atoms with Crippen molar-refractivity contribution in [2.24, 2.45) is 5.92 Å². The molecule has 25 heavy (non-hydrogen) atoms. The number of rotatable bonds is 8. The van der Waals surface area contributed by atoms with Gasteiger partial charge in [0, 0.05) is 6.54 Å². The van der Waals surface area contributed by atoms with Crippen LogP contribution in [0.5, 0.6) is 5.75 Å². The van der Waals surface area contributed by atoms with E-state index >= 15 is 0 Å². The van der Waals surface area contributed by atoms with Crippen molar-refractivity contribution in [1.29, 1.82) is 0 Å². The van der Waals surface area contributed by atoms with Crippen LogP contribution >= 0.6 is 0 Å². The van der Waals surface area contributed by atoms with Crippen LogP contribution in [0, 0.1) is 5.92 Å². The number of methoxy groups -OCH3 is 1. The van der Waals surface area contributed by atoms with Gasteiger partial charge in [-0.3, -0.25) is 9.59 Å². The third kappa shape index (κ3) is 5.35. The van der Waals surface area contributed by atoms with Crippen LogP contribution in [-0.4, -0.2) is 30.6 Å². The molecule has 132 valence electrons. The summed E-state index contributed by atoms with van der Waals surface area (Å²) in [6, 6.07) is 16.7. The highest BCUT2D eigenvalue weighted by molar-refractivity contribution is 5.84.